The second-order valence-corrected chi connectivity index (χ2v) is 3.24. The van der Waals surface area contributed by atoms with Gasteiger partial charge in [0.2, 0.25) is 0 Å². The van der Waals surface area contributed by atoms with Crippen molar-refractivity contribution in [2.24, 2.45) is 5.16 Å². The van der Waals surface area contributed by atoms with Crippen molar-refractivity contribution in [3.63, 3.8) is 0 Å². The molecule has 0 atom stereocenters. The molecule has 1 N–H and O–H groups in total. The molecule has 0 aliphatic carbocycles. The molecule has 0 amide bonds. The van der Waals surface area contributed by atoms with Crippen LogP contribution in [0.3, 0.4) is 0 Å². The minimum Gasteiger partial charge on any atom is -0.399 e. The third-order valence-electron chi connectivity index (χ3n) is 2.21. The molecular formula is C11H13N3O2. The molecule has 1 aromatic rings. The van der Waals surface area contributed by atoms with Crippen molar-refractivity contribution in [3.8, 4) is 6.07 Å². The zero-order valence-electron chi connectivity index (χ0n) is 9.50. The average molecular weight is 219 g/mol. The number of oxime groups is 1. The summed E-state index contributed by atoms with van der Waals surface area (Å²) in [5, 5.41) is 12.6. The summed E-state index contributed by atoms with van der Waals surface area (Å²) in [6.45, 7) is 3.69. The van der Waals surface area contributed by atoms with Crippen LogP contribution in [0.2, 0.25) is 0 Å². The molecule has 0 unspecified atom stereocenters. The number of H-pyrrole nitrogens is 1. The Balaban J connectivity index is 3.40. The molecule has 0 aromatic carbocycles. The van der Waals surface area contributed by atoms with Crippen LogP contribution in [0.15, 0.2) is 16.0 Å². The number of aromatic nitrogens is 1. The van der Waals surface area contributed by atoms with Gasteiger partial charge in [-0.05, 0) is 19.4 Å². The molecule has 0 fully saturated rings. The van der Waals surface area contributed by atoms with Crippen LogP contribution >= 0.6 is 0 Å². The van der Waals surface area contributed by atoms with Gasteiger partial charge in [0.1, 0.15) is 18.7 Å². The molecule has 84 valence electrons. The van der Waals surface area contributed by atoms with E-state index in [2.05, 4.69) is 10.1 Å². The van der Waals surface area contributed by atoms with Crippen molar-refractivity contribution in [3.05, 3.63) is 33.2 Å². The molecule has 0 bridgehead atoms. The fourth-order valence-corrected chi connectivity index (χ4v) is 1.42. The summed E-state index contributed by atoms with van der Waals surface area (Å²) in [4.78, 5) is 18.7. The van der Waals surface area contributed by atoms with E-state index in [9.17, 15) is 4.79 Å². The molecule has 1 aromatic heterocycles. The highest BCUT2D eigenvalue weighted by molar-refractivity contribution is 6.01. The highest BCUT2D eigenvalue weighted by Crippen LogP contribution is 2.09. The number of hydrogen-bond acceptors (Lipinski definition) is 4. The minimum absolute atomic E-state index is 0.0813. The van der Waals surface area contributed by atoms with Crippen LogP contribution in [0, 0.1) is 18.3 Å². The van der Waals surface area contributed by atoms with Crippen LogP contribution in [-0.2, 0) is 4.84 Å². The second-order valence-electron chi connectivity index (χ2n) is 3.24. The van der Waals surface area contributed by atoms with E-state index < -0.39 is 0 Å². The van der Waals surface area contributed by atoms with Crippen molar-refractivity contribution in [2.45, 2.75) is 20.3 Å². The predicted octanol–water partition coefficient (Wildman–Crippen LogP) is 1.32. The fourth-order valence-electron chi connectivity index (χ4n) is 1.42. The Bertz CT molecular complexity index is 509. The highest BCUT2D eigenvalue weighted by Gasteiger charge is 2.10. The molecule has 0 aliphatic rings. The summed E-state index contributed by atoms with van der Waals surface area (Å²) in [6, 6.07) is 3.38. The maximum atomic E-state index is 11.3. The molecule has 0 spiro atoms. The highest BCUT2D eigenvalue weighted by atomic mass is 16.6. The van der Waals surface area contributed by atoms with Crippen molar-refractivity contribution in [2.75, 3.05) is 7.11 Å². The second kappa shape index (κ2) is 5.12. The number of hydrogen-bond donors (Lipinski definition) is 1. The summed E-state index contributed by atoms with van der Waals surface area (Å²) in [5.74, 6) is 0. The van der Waals surface area contributed by atoms with Gasteiger partial charge in [-0.25, -0.2) is 0 Å². The molecule has 1 rings (SSSR count). The maximum absolute atomic E-state index is 11.3. The van der Waals surface area contributed by atoms with Gasteiger partial charge in [-0.3, -0.25) is 4.79 Å². The van der Waals surface area contributed by atoms with Crippen LogP contribution in [0.5, 0.6) is 0 Å². The summed E-state index contributed by atoms with van der Waals surface area (Å²) >= 11 is 0. The van der Waals surface area contributed by atoms with E-state index in [1.54, 1.807) is 6.92 Å². The van der Waals surface area contributed by atoms with Gasteiger partial charge in [0.15, 0.2) is 0 Å². The van der Waals surface area contributed by atoms with Gasteiger partial charge in [-0.15, -0.1) is 0 Å². The van der Waals surface area contributed by atoms with Crippen LogP contribution in [0.4, 0.5) is 0 Å². The van der Waals surface area contributed by atoms with Crippen LogP contribution in [0.25, 0.3) is 0 Å². The molecule has 5 nitrogen and oxygen atoms in total. The Hall–Kier alpha value is -2.09. The van der Waals surface area contributed by atoms with Gasteiger partial charge >= 0.3 is 0 Å². The van der Waals surface area contributed by atoms with Crippen LogP contribution < -0.4 is 5.56 Å². The fraction of sp³-hybridized carbons (Fsp3) is 0.364. The first-order valence-corrected chi connectivity index (χ1v) is 4.88. The van der Waals surface area contributed by atoms with Crippen molar-refractivity contribution >= 4 is 5.71 Å². The Morgan fingerprint density at radius 1 is 1.69 bits per heavy atom. The predicted molar refractivity (Wildman–Crippen MR) is 60.4 cm³/mol. The molecule has 0 radical (unpaired) electrons. The third-order valence-corrected chi connectivity index (χ3v) is 2.21. The largest absolute Gasteiger partial charge is 0.399 e. The smallest absolute Gasteiger partial charge is 0.266 e. The first kappa shape index (κ1) is 12.0. The van der Waals surface area contributed by atoms with Gasteiger partial charge in [0, 0.05) is 11.3 Å². The standard InChI is InChI=1S/C11H13N3O2/c1-4-10(14-16-3)9-5-8(6-12)11(15)13-7(9)2/h5H,4H2,1-3H3,(H,13,15)/b14-10+. The first-order chi connectivity index (χ1) is 7.63. The zero-order valence-corrected chi connectivity index (χ0v) is 9.50. The van der Waals surface area contributed by atoms with Gasteiger partial charge in [-0.1, -0.05) is 12.1 Å². The molecule has 5 heteroatoms. The summed E-state index contributed by atoms with van der Waals surface area (Å²) < 4.78 is 0. The number of aromatic amines is 1. The van der Waals surface area contributed by atoms with E-state index in [1.165, 1.54) is 13.2 Å². The van der Waals surface area contributed by atoms with E-state index in [-0.39, 0.29) is 11.1 Å². The molecule has 16 heavy (non-hydrogen) atoms. The van der Waals surface area contributed by atoms with Crippen LogP contribution in [0.1, 0.15) is 30.2 Å². The van der Waals surface area contributed by atoms with E-state index in [0.717, 1.165) is 5.56 Å². The van der Waals surface area contributed by atoms with E-state index in [1.807, 2.05) is 13.0 Å². The SMILES string of the molecule is CC/C(=N\OC)c1cc(C#N)c(=O)[nH]c1C. The Labute approximate surface area is 93.4 Å². The van der Waals surface area contributed by atoms with E-state index in [4.69, 9.17) is 10.1 Å². The number of nitrogens with zero attached hydrogens (tertiary/aromatic N) is 2. The monoisotopic (exact) mass is 219 g/mol. The van der Waals surface area contributed by atoms with Crippen molar-refractivity contribution in [1.82, 2.24) is 4.98 Å². The van der Waals surface area contributed by atoms with Crippen LogP contribution in [-0.4, -0.2) is 17.8 Å². The third kappa shape index (κ3) is 2.28. The minimum atomic E-state index is -0.378. The Morgan fingerprint density at radius 2 is 2.38 bits per heavy atom. The van der Waals surface area contributed by atoms with Crippen molar-refractivity contribution in [1.29, 1.82) is 5.26 Å². The molecule has 1 heterocycles. The number of nitrogens with one attached hydrogen (secondary N) is 1. The lowest BCUT2D eigenvalue weighted by Crippen LogP contribution is -2.16. The number of aryl methyl sites for hydroxylation is 1. The average Bonchev–Trinajstić information content (AvgIpc) is 2.27. The number of pyridine rings is 1. The maximum Gasteiger partial charge on any atom is 0.266 e. The molecule has 0 aliphatic heterocycles. The van der Waals surface area contributed by atoms with E-state index in [0.29, 0.717) is 17.8 Å². The Morgan fingerprint density at radius 3 is 2.88 bits per heavy atom. The lowest BCUT2D eigenvalue weighted by Gasteiger charge is -2.06. The normalized spacial score (nSPS) is 11.0. The van der Waals surface area contributed by atoms with Gasteiger partial charge in [0.05, 0.1) is 5.71 Å². The zero-order chi connectivity index (χ0) is 12.1. The van der Waals surface area contributed by atoms with Gasteiger partial charge in [0.25, 0.3) is 5.56 Å². The number of rotatable bonds is 3. The summed E-state index contributed by atoms with van der Waals surface area (Å²) in [6.07, 6.45) is 0.658. The summed E-state index contributed by atoms with van der Waals surface area (Å²) in [7, 11) is 1.46. The quantitative estimate of drug-likeness (QED) is 0.615. The Kier molecular flexibility index (Phi) is 3.84. The lowest BCUT2D eigenvalue weighted by atomic mass is 10.0. The molecular weight excluding hydrogens is 206 g/mol. The number of nitriles is 1. The first-order valence-electron chi connectivity index (χ1n) is 4.88. The molecule has 0 saturated carbocycles. The van der Waals surface area contributed by atoms with Gasteiger partial charge in [-0.2, -0.15) is 5.26 Å². The molecule has 0 saturated heterocycles. The lowest BCUT2D eigenvalue weighted by molar-refractivity contribution is 0.213. The van der Waals surface area contributed by atoms with Crippen molar-refractivity contribution < 1.29 is 4.84 Å². The van der Waals surface area contributed by atoms with E-state index >= 15 is 0 Å². The topological polar surface area (TPSA) is 78.2 Å². The van der Waals surface area contributed by atoms with Gasteiger partial charge < -0.3 is 9.82 Å². The summed E-state index contributed by atoms with van der Waals surface area (Å²) in [5.41, 5.74) is 1.82.